The molecular formula is C22H22N4O2. The lowest BCUT2D eigenvalue weighted by Gasteiger charge is -2.40. The molecule has 0 unspecified atom stereocenters. The molecule has 1 heterocycles. The van der Waals surface area contributed by atoms with E-state index in [0.29, 0.717) is 35.6 Å². The van der Waals surface area contributed by atoms with E-state index in [2.05, 4.69) is 16.4 Å². The van der Waals surface area contributed by atoms with Gasteiger partial charge in [0, 0.05) is 12.0 Å². The van der Waals surface area contributed by atoms with Gasteiger partial charge in [-0.15, -0.1) is 0 Å². The van der Waals surface area contributed by atoms with E-state index in [4.69, 9.17) is 10.00 Å². The number of rotatable bonds is 4. The molecule has 2 atom stereocenters. The molecule has 0 fully saturated rings. The number of aliphatic imine (C=N–C) groups is 1. The van der Waals surface area contributed by atoms with Crippen LogP contribution in [0.1, 0.15) is 43.0 Å². The molecule has 2 N–H and O–H groups in total. The van der Waals surface area contributed by atoms with Crippen molar-refractivity contribution in [3.8, 4) is 18.0 Å². The Balaban J connectivity index is 1.96. The SMILES string of the molecule is CC1(C)Oc2ccc(C#N)cc2[C@H](N=C(CCc2ccccc2)NC#N)[C@H]1O. The van der Waals surface area contributed by atoms with Crippen LogP contribution in [0.4, 0.5) is 0 Å². The fourth-order valence-electron chi connectivity index (χ4n) is 3.28. The lowest BCUT2D eigenvalue weighted by Crippen LogP contribution is -2.48. The maximum Gasteiger partial charge on any atom is 0.182 e. The Morgan fingerprint density at radius 3 is 2.64 bits per heavy atom. The zero-order valence-electron chi connectivity index (χ0n) is 15.9. The van der Waals surface area contributed by atoms with Crippen molar-refractivity contribution in [3.05, 3.63) is 65.2 Å². The van der Waals surface area contributed by atoms with Gasteiger partial charge in [-0.1, -0.05) is 30.3 Å². The van der Waals surface area contributed by atoms with Gasteiger partial charge in [-0.2, -0.15) is 10.5 Å². The standard InChI is InChI=1S/C22H22N4O2/c1-22(2)21(27)20(17-12-16(13-23)8-10-18(17)28-22)26-19(25-14-24)11-9-15-6-4-3-5-7-15/h3-8,10,12,20-21,27H,9,11H2,1-2H3,(H,25,26)/t20-,21+/m0/s1. The highest BCUT2D eigenvalue weighted by Gasteiger charge is 2.43. The molecule has 28 heavy (non-hydrogen) atoms. The topological polar surface area (TPSA) is 101 Å². The smallest absolute Gasteiger partial charge is 0.182 e. The molecule has 3 rings (SSSR count). The predicted octanol–water partition coefficient (Wildman–Crippen LogP) is 3.23. The molecule has 142 valence electrons. The van der Waals surface area contributed by atoms with Gasteiger partial charge in [0.25, 0.3) is 0 Å². The van der Waals surface area contributed by atoms with E-state index in [1.54, 1.807) is 32.0 Å². The lowest BCUT2D eigenvalue weighted by molar-refractivity contribution is -0.0567. The largest absolute Gasteiger partial charge is 0.485 e. The molecule has 6 nitrogen and oxygen atoms in total. The molecule has 0 radical (unpaired) electrons. The van der Waals surface area contributed by atoms with E-state index in [1.165, 1.54) is 0 Å². The Morgan fingerprint density at radius 1 is 1.21 bits per heavy atom. The van der Waals surface area contributed by atoms with E-state index in [-0.39, 0.29) is 0 Å². The van der Waals surface area contributed by atoms with Gasteiger partial charge >= 0.3 is 0 Å². The van der Waals surface area contributed by atoms with Crippen LogP contribution in [-0.4, -0.2) is 22.6 Å². The first kappa shape index (κ1) is 19.4. The van der Waals surface area contributed by atoms with Gasteiger partial charge < -0.3 is 9.84 Å². The number of aliphatic hydroxyl groups is 1. The summed E-state index contributed by atoms with van der Waals surface area (Å²) < 4.78 is 5.92. The number of aryl methyl sites for hydroxylation is 1. The summed E-state index contributed by atoms with van der Waals surface area (Å²) in [5.74, 6) is 1.07. The number of aliphatic hydroxyl groups excluding tert-OH is 1. The van der Waals surface area contributed by atoms with Gasteiger partial charge in [0.15, 0.2) is 6.19 Å². The van der Waals surface area contributed by atoms with Crippen LogP contribution in [-0.2, 0) is 6.42 Å². The summed E-state index contributed by atoms with van der Waals surface area (Å²) in [6, 6.07) is 16.5. The highest BCUT2D eigenvalue weighted by Crippen LogP contribution is 2.42. The van der Waals surface area contributed by atoms with Crippen molar-refractivity contribution >= 4 is 5.84 Å². The monoisotopic (exact) mass is 374 g/mol. The zero-order valence-corrected chi connectivity index (χ0v) is 15.9. The fourth-order valence-corrected chi connectivity index (χ4v) is 3.28. The summed E-state index contributed by atoms with van der Waals surface area (Å²) in [5.41, 5.74) is 1.39. The normalized spacial score (nSPS) is 20.2. The van der Waals surface area contributed by atoms with Gasteiger partial charge in [0.2, 0.25) is 0 Å². The maximum atomic E-state index is 10.9. The second-order valence-corrected chi connectivity index (χ2v) is 7.26. The number of amidine groups is 1. The first-order valence-corrected chi connectivity index (χ1v) is 9.11. The van der Waals surface area contributed by atoms with Gasteiger partial charge in [-0.25, -0.2) is 0 Å². The van der Waals surface area contributed by atoms with Crippen LogP contribution in [0.15, 0.2) is 53.5 Å². The average Bonchev–Trinajstić information content (AvgIpc) is 2.70. The van der Waals surface area contributed by atoms with E-state index in [9.17, 15) is 10.4 Å². The van der Waals surface area contributed by atoms with E-state index < -0.39 is 17.7 Å². The Morgan fingerprint density at radius 2 is 1.96 bits per heavy atom. The molecule has 1 aliphatic heterocycles. The second-order valence-electron chi connectivity index (χ2n) is 7.26. The molecule has 1 aliphatic rings. The van der Waals surface area contributed by atoms with Crippen LogP contribution < -0.4 is 10.1 Å². The molecule has 0 amide bonds. The molecule has 0 aromatic heterocycles. The number of fused-ring (bicyclic) bond motifs is 1. The lowest BCUT2D eigenvalue weighted by atomic mass is 9.86. The van der Waals surface area contributed by atoms with Gasteiger partial charge in [-0.05, 0) is 44.0 Å². The molecule has 2 aromatic carbocycles. The summed E-state index contributed by atoms with van der Waals surface area (Å²) in [5, 5.41) is 31.9. The molecule has 0 bridgehead atoms. The summed E-state index contributed by atoms with van der Waals surface area (Å²) in [6.07, 6.45) is 2.23. The van der Waals surface area contributed by atoms with E-state index in [0.717, 1.165) is 5.56 Å². The Hall–Kier alpha value is -3.35. The quantitative estimate of drug-likeness (QED) is 0.370. The molecule has 2 aromatic rings. The molecule has 6 heteroatoms. The van der Waals surface area contributed by atoms with Crippen molar-refractivity contribution in [3.63, 3.8) is 0 Å². The van der Waals surface area contributed by atoms with Crippen molar-refractivity contribution in [1.29, 1.82) is 10.5 Å². The van der Waals surface area contributed by atoms with E-state index >= 15 is 0 Å². The minimum Gasteiger partial charge on any atom is -0.485 e. The molecule has 0 spiro atoms. The van der Waals surface area contributed by atoms with Gasteiger partial charge in [-0.3, -0.25) is 10.3 Å². The third kappa shape index (κ3) is 4.14. The van der Waals surface area contributed by atoms with Crippen molar-refractivity contribution in [1.82, 2.24) is 5.32 Å². The van der Waals surface area contributed by atoms with Crippen LogP contribution >= 0.6 is 0 Å². The number of nitrogens with one attached hydrogen (secondary N) is 1. The highest BCUT2D eigenvalue weighted by atomic mass is 16.5. The third-order valence-electron chi connectivity index (χ3n) is 4.83. The average molecular weight is 374 g/mol. The minimum absolute atomic E-state index is 0.466. The zero-order chi connectivity index (χ0) is 20.1. The van der Waals surface area contributed by atoms with Crippen molar-refractivity contribution in [2.45, 2.75) is 44.4 Å². The van der Waals surface area contributed by atoms with Crippen molar-refractivity contribution in [2.75, 3.05) is 0 Å². The van der Waals surface area contributed by atoms with Crippen LogP contribution in [0.3, 0.4) is 0 Å². The predicted molar refractivity (Wildman–Crippen MR) is 106 cm³/mol. The Kier molecular flexibility index (Phi) is 5.63. The Labute approximate surface area is 164 Å². The van der Waals surface area contributed by atoms with Crippen molar-refractivity contribution in [2.24, 2.45) is 4.99 Å². The molecule has 0 saturated heterocycles. The summed E-state index contributed by atoms with van der Waals surface area (Å²) in [7, 11) is 0. The molecular weight excluding hydrogens is 352 g/mol. The number of hydrogen-bond donors (Lipinski definition) is 2. The maximum absolute atomic E-state index is 10.9. The highest BCUT2D eigenvalue weighted by molar-refractivity contribution is 5.84. The van der Waals surface area contributed by atoms with Crippen LogP contribution in [0.5, 0.6) is 5.75 Å². The van der Waals surface area contributed by atoms with Gasteiger partial charge in [0.1, 0.15) is 29.3 Å². The van der Waals surface area contributed by atoms with E-state index in [1.807, 2.05) is 36.5 Å². The summed E-state index contributed by atoms with van der Waals surface area (Å²) in [4.78, 5) is 4.68. The number of hydrogen-bond acceptors (Lipinski definition) is 5. The second kappa shape index (κ2) is 8.12. The number of nitrogens with zero attached hydrogens (tertiary/aromatic N) is 3. The number of ether oxygens (including phenoxy) is 1. The number of benzene rings is 2. The van der Waals surface area contributed by atoms with Crippen LogP contribution in [0.25, 0.3) is 0 Å². The Bertz CT molecular complexity index is 955. The fraction of sp³-hybridized carbons (Fsp3) is 0.318. The third-order valence-corrected chi connectivity index (χ3v) is 4.83. The first-order chi connectivity index (χ1) is 13.4. The summed E-state index contributed by atoms with van der Waals surface area (Å²) in [6.45, 7) is 3.59. The summed E-state index contributed by atoms with van der Waals surface area (Å²) >= 11 is 0. The molecule has 0 aliphatic carbocycles. The van der Waals surface area contributed by atoms with Crippen molar-refractivity contribution < 1.29 is 9.84 Å². The number of nitriles is 2. The minimum atomic E-state index is -0.929. The first-order valence-electron chi connectivity index (χ1n) is 9.11. The molecule has 0 saturated carbocycles. The van der Waals surface area contributed by atoms with Gasteiger partial charge in [0.05, 0.1) is 11.6 Å². The van der Waals surface area contributed by atoms with Crippen LogP contribution in [0.2, 0.25) is 0 Å². The van der Waals surface area contributed by atoms with Crippen LogP contribution in [0, 0.1) is 22.8 Å².